The van der Waals surface area contributed by atoms with Crippen molar-refractivity contribution >= 4 is 0 Å². The lowest BCUT2D eigenvalue weighted by Crippen LogP contribution is -2.51. The molecule has 0 radical (unpaired) electrons. The van der Waals surface area contributed by atoms with E-state index in [4.69, 9.17) is 19.9 Å². The third-order valence-corrected chi connectivity index (χ3v) is 3.33. The van der Waals surface area contributed by atoms with Crippen molar-refractivity contribution in [1.82, 2.24) is 0 Å². The molecule has 0 aliphatic rings. The van der Waals surface area contributed by atoms with Gasteiger partial charge in [-0.2, -0.15) is 0 Å². The lowest BCUT2D eigenvalue weighted by Gasteiger charge is -2.36. The zero-order chi connectivity index (χ0) is 14.7. The molecule has 2 unspecified atom stereocenters. The van der Waals surface area contributed by atoms with Gasteiger partial charge in [0.25, 0.3) is 0 Å². The van der Waals surface area contributed by atoms with Crippen molar-refractivity contribution in [1.29, 1.82) is 0 Å². The van der Waals surface area contributed by atoms with Crippen LogP contribution in [0.4, 0.5) is 0 Å². The summed E-state index contributed by atoms with van der Waals surface area (Å²) in [5.41, 5.74) is 5.68. The normalized spacial score (nSPS) is 16.6. The zero-order valence-corrected chi connectivity index (χ0v) is 13.4. The Morgan fingerprint density at radius 1 is 1.05 bits per heavy atom. The molecule has 0 aromatic rings. The van der Waals surface area contributed by atoms with Gasteiger partial charge >= 0.3 is 0 Å². The molecule has 0 saturated carbocycles. The molecule has 0 amide bonds. The van der Waals surface area contributed by atoms with Crippen LogP contribution in [0.5, 0.6) is 0 Å². The SMILES string of the molecule is CCCCOC(C)(N)C(COCCOCC)C(C)C. The third-order valence-electron chi connectivity index (χ3n) is 3.33. The van der Waals surface area contributed by atoms with E-state index in [9.17, 15) is 0 Å². The van der Waals surface area contributed by atoms with Gasteiger partial charge in [-0.05, 0) is 26.2 Å². The second kappa shape index (κ2) is 10.6. The van der Waals surface area contributed by atoms with Crippen molar-refractivity contribution in [3.8, 4) is 0 Å². The molecule has 0 bridgehead atoms. The second-order valence-electron chi connectivity index (χ2n) is 5.51. The summed E-state index contributed by atoms with van der Waals surface area (Å²) >= 11 is 0. The number of nitrogens with two attached hydrogens (primary N) is 1. The number of hydrogen-bond acceptors (Lipinski definition) is 4. The Morgan fingerprint density at radius 2 is 1.68 bits per heavy atom. The van der Waals surface area contributed by atoms with Gasteiger partial charge in [0.2, 0.25) is 0 Å². The zero-order valence-electron chi connectivity index (χ0n) is 13.4. The van der Waals surface area contributed by atoms with Crippen LogP contribution in [-0.4, -0.2) is 38.8 Å². The monoisotopic (exact) mass is 275 g/mol. The molecule has 0 aliphatic carbocycles. The van der Waals surface area contributed by atoms with Crippen molar-refractivity contribution in [2.75, 3.05) is 33.0 Å². The lowest BCUT2D eigenvalue weighted by molar-refractivity contribution is -0.109. The van der Waals surface area contributed by atoms with Crippen LogP contribution in [0.15, 0.2) is 0 Å². The molecule has 116 valence electrons. The van der Waals surface area contributed by atoms with Gasteiger partial charge in [0.1, 0.15) is 5.72 Å². The third kappa shape index (κ3) is 8.58. The van der Waals surface area contributed by atoms with Gasteiger partial charge < -0.3 is 19.9 Å². The molecule has 0 fully saturated rings. The van der Waals surface area contributed by atoms with Gasteiger partial charge in [0, 0.05) is 19.1 Å². The van der Waals surface area contributed by atoms with Gasteiger partial charge in [-0.25, -0.2) is 0 Å². The van der Waals surface area contributed by atoms with E-state index in [1.165, 1.54) is 0 Å². The maximum atomic E-state index is 6.31. The molecule has 4 heteroatoms. The maximum Gasteiger partial charge on any atom is 0.119 e. The van der Waals surface area contributed by atoms with Gasteiger partial charge in [0.05, 0.1) is 19.8 Å². The van der Waals surface area contributed by atoms with Crippen LogP contribution in [0.3, 0.4) is 0 Å². The van der Waals surface area contributed by atoms with Crippen LogP contribution in [0.1, 0.15) is 47.5 Å². The van der Waals surface area contributed by atoms with E-state index in [0.29, 0.717) is 32.3 Å². The summed E-state index contributed by atoms with van der Waals surface area (Å²) in [6, 6.07) is 0. The van der Waals surface area contributed by atoms with E-state index in [0.717, 1.165) is 19.4 Å². The first-order valence-electron chi connectivity index (χ1n) is 7.54. The predicted octanol–water partition coefficient (Wildman–Crippen LogP) is 2.80. The van der Waals surface area contributed by atoms with Gasteiger partial charge in [-0.1, -0.05) is 27.2 Å². The minimum atomic E-state index is -0.630. The van der Waals surface area contributed by atoms with Crippen LogP contribution < -0.4 is 5.73 Å². The van der Waals surface area contributed by atoms with Crippen molar-refractivity contribution in [3.63, 3.8) is 0 Å². The Balaban J connectivity index is 4.13. The largest absolute Gasteiger partial charge is 0.379 e. The number of ether oxygens (including phenoxy) is 3. The van der Waals surface area contributed by atoms with Crippen LogP contribution in [0.2, 0.25) is 0 Å². The summed E-state index contributed by atoms with van der Waals surface area (Å²) in [5.74, 6) is 0.606. The first-order chi connectivity index (χ1) is 8.95. The van der Waals surface area contributed by atoms with E-state index >= 15 is 0 Å². The average Bonchev–Trinajstić information content (AvgIpc) is 2.33. The fourth-order valence-electron chi connectivity index (χ4n) is 2.04. The molecule has 2 atom stereocenters. The Kier molecular flexibility index (Phi) is 10.5. The van der Waals surface area contributed by atoms with Gasteiger partial charge in [0.15, 0.2) is 0 Å². The smallest absolute Gasteiger partial charge is 0.119 e. The molecule has 0 rings (SSSR count). The highest BCUT2D eigenvalue weighted by molar-refractivity contribution is 4.80. The molecule has 0 aromatic carbocycles. The van der Waals surface area contributed by atoms with E-state index in [1.807, 2.05) is 13.8 Å². The number of unbranched alkanes of at least 4 members (excludes halogenated alkanes) is 1. The summed E-state index contributed by atoms with van der Waals surface area (Å²) in [6.45, 7) is 13.7. The van der Waals surface area contributed by atoms with Crippen LogP contribution in [-0.2, 0) is 14.2 Å². The topological polar surface area (TPSA) is 53.7 Å². The van der Waals surface area contributed by atoms with Gasteiger partial charge in [-0.15, -0.1) is 0 Å². The fraction of sp³-hybridized carbons (Fsp3) is 1.00. The minimum Gasteiger partial charge on any atom is -0.379 e. The summed E-state index contributed by atoms with van der Waals surface area (Å²) in [5, 5.41) is 0. The molecule has 0 aliphatic heterocycles. The minimum absolute atomic E-state index is 0.186. The number of rotatable bonds is 12. The highest BCUT2D eigenvalue weighted by Gasteiger charge is 2.33. The molecule has 0 aromatic heterocycles. The van der Waals surface area contributed by atoms with Crippen LogP contribution in [0.25, 0.3) is 0 Å². The fourth-order valence-corrected chi connectivity index (χ4v) is 2.04. The molecule has 4 nitrogen and oxygen atoms in total. The summed E-state index contributed by atoms with van der Waals surface area (Å²) in [4.78, 5) is 0. The molecular formula is C15H33NO3. The first kappa shape index (κ1) is 18.8. The molecule has 19 heavy (non-hydrogen) atoms. The van der Waals surface area contributed by atoms with Crippen LogP contribution >= 0.6 is 0 Å². The van der Waals surface area contributed by atoms with E-state index < -0.39 is 5.72 Å². The van der Waals surface area contributed by atoms with Crippen molar-refractivity contribution < 1.29 is 14.2 Å². The Labute approximate surface area is 119 Å². The first-order valence-corrected chi connectivity index (χ1v) is 7.54. The average molecular weight is 275 g/mol. The molecule has 0 heterocycles. The Bertz CT molecular complexity index is 208. The summed E-state index contributed by atoms with van der Waals surface area (Å²) in [7, 11) is 0. The van der Waals surface area contributed by atoms with Crippen molar-refractivity contribution in [2.45, 2.75) is 53.2 Å². The van der Waals surface area contributed by atoms with Crippen molar-refractivity contribution in [2.24, 2.45) is 17.6 Å². The molecular weight excluding hydrogens is 242 g/mol. The highest BCUT2D eigenvalue weighted by atomic mass is 16.5. The quantitative estimate of drug-likeness (QED) is 0.439. The Hall–Kier alpha value is -0.160. The standard InChI is InChI=1S/C15H33NO3/c1-6-8-9-19-15(5,16)14(13(3)4)12-18-11-10-17-7-2/h13-14H,6-12,16H2,1-5H3. The van der Waals surface area contributed by atoms with Crippen molar-refractivity contribution in [3.05, 3.63) is 0 Å². The van der Waals surface area contributed by atoms with Crippen LogP contribution in [0, 0.1) is 11.8 Å². The maximum absolute atomic E-state index is 6.31. The molecule has 0 spiro atoms. The molecule has 2 N–H and O–H groups in total. The lowest BCUT2D eigenvalue weighted by atomic mass is 9.87. The molecule has 0 saturated heterocycles. The number of hydrogen-bond donors (Lipinski definition) is 1. The summed E-state index contributed by atoms with van der Waals surface area (Å²) < 4.78 is 16.8. The second-order valence-corrected chi connectivity index (χ2v) is 5.51. The Morgan fingerprint density at radius 3 is 2.21 bits per heavy atom. The van der Waals surface area contributed by atoms with E-state index in [1.54, 1.807) is 0 Å². The van der Waals surface area contributed by atoms with Gasteiger partial charge in [-0.3, -0.25) is 0 Å². The summed E-state index contributed by atoms with van der Waals surface area (Å²) in [6.07, 6.45) is 2.16. The van der Waals surface area contributed by atoms with E-state index in [-0.39, 0.29) is 5.92 Å². The van der Waals surface area contributed by atoms with E-state index in [2.05, 4.69) is 20.8 Å². The predicted molar refractivity (Wildman–Crippen MR) is 79.1 cm³/mol. The highest BCUT2D eigenvalue weighted by Crippen LogP contribution is 2.24.